The van der Waals surface area contributed by atoms with Gasteiger partial charge in [0.2, 0.25) is 0 Å². The maximum Gasteiger partial charge on any atom is 0.186 e. The van der Waals surface area contributed by atoms with Crippen molar-refractivity contribution in [1.29, 1.82) is 0 Å². The van der Waals surface area contributed by atoms with Gasteiger partial charge in [0.15, 0.2) is 10.9 Å². The minimum absolute atomic E-state index is 0.773. The summed E-state index contributed by atoms with van der Waals surface area (Å²) >= 11 is 1.69. The molecule has 1 saturated heterocycles. The molecule has 7 heteroatoms. The quantitative estimate of drug-likeness (QED) is 0.729. The van der Waals surface area contributed by atoms with E-state index >= 15 is 0 Å². The number of aromatic nitrogens is 3. The summed E-state index contributed by atoms with van der Waals surface area (Å²) in [7, 11) is 0. The van der Waals surface area contributed by atoms with Crippen LogP contribution in [0.15, 0.2) is 22.0 Å². The number of rotatable bonds is 3. The SMILES string of the molecule is Cc1cc(-n2c(C)cc(-c3csc(N4CCOCC4)n3)c2C)no1. The highest BCUT2D eigenvalue weighted by atomic mass is 32.1. The van der Waals surface area contributed by atoms with Crippen LogP contribution in [0.4, 0.5) is 5.13 Å². The van der Waals surface area contributed by atoms with E-state index in [1.807, 2.05) is 13.0 Å². The van der Waals surface area contributed by atoms with Crippen LogP contribution in [-0.2, 0) is 4.74 Å². The molecule has 0 saturated carbocycles. The molecule has 1 aliphatic heterocycles. The Hall–Kier alpha value is -2.12. The van der Waals surface area contributed by atoms with E-state index in [0.717, 1.165) is 65.7 Å². The summed E-state index contributed by atoms with van der Waals surface area (Å²) in [4.78, 5) is 7.14. The van der Waals surface area contributed by atoms with Gasteiger partial charge in [0, 0.05) is 41.5 Å². The second-order valence-corrected chi connectivity index (χ2v) is 6.87. The van der Waals surface area contributed by atoms with Crippen LogP contribution in [0.5, 0.6) is 0 Å². The Bertz CT molecular complexity index is 858. The van der Waals surface area contributed by atoms with Gasteiger partial charge in [-0.1, -0.05) is 5.16 Å². The Morgan fingerprint density at radius 1 is 1.12 bits per heavy atom. The molecule has 0 aromatic carbocycles. The first-order valence-corrected chi connectivity index (χ1v) is 8.92. The van der Waals surface area contributed by atoms with Gasteiger partial charge in [0.1, 0.15) is 5.76 Å². The van der Waals surface area contributed by atoms with Gasteiger partial charge in [-0.2, -0.15) is 0 Å². The van der Waals surface area contributed by atoms with Gasteiger partial charge in [-0.05, 0) is 26.8 Å². The van der Waals surface area contributed by atoms with Crippen LogP contribution in [0, 0.1) is 20.8 Å². The smallest absolute Gasteiger partial charge is 0.186 e. The Labute approximate surface area is 144 Å². The summed E-state index contributed by atoms with van der Waals surface area (Å²) in [6.45, 7) is 9.44. The molecule has 24 heavy (non-hydrogen) atoms. The van der Waals surface area contributed by atoms with Crippen LogP contribution < -0.4 is 4.90 Å². The lowest BCUT2D eigenvalue weighted by Crippen LogP contribution is -2.36. The van der Waals surface area contributed by atoms with Crippen molar-refractivity contribution in [2.24, 2.45) is 0 Å². The van der Waals surface area contributed by atoms with E-state index in [4.69, 9.17) is 14.2 Å². The minimum Gasteiger partial charge on any atom is -0.378 e. The van der Waals surface area contributed by atoms with Crippen molar-refractivity contribution in [3.8, 4) is 17.1 Å². The van der Waals surface area contributed by atoms with Crippen molar-refractivity contribution in [3.63, 3.8) is 0 Å². The molecule has 3 aromatic rings. The number of morpholine rings is 1. The molecule has 0 aliphatic carbocycles. The largest absolute Gasteiger partial charge is 0.378 e. The molecule has 0 atom stereocenters. The fraction of sp³-hybridized carbons (Fsp3) is 0.412. The zero-order valence-electron chi connectivity index (χ0n) is 14.1. The average Bonchev–Trinajstić information content (AvgIpc) is 3.28. The molecule has 3 aromatic heterocycles. The van der Waals surface area contributed by atoms with Crippen LogP contribution in [-0.4, -0.2) is 41.0 Å². The molecular weight excluding hydrogens is 324 g/mol. The summed E-state index contributed by atoms with van der Waals surface area (Å²) in [6.07, 6.45) is 0. The van der Waals surface area contributed by atoms with Gasteiger partial charge >= 0.3 is 0 Å². The van der Waals surface area contributed by atoms with Gasteiger partial charge in [0.25, 0.3) is 0 Å². The first kappa shape index (κ1) is 15.4. The molecule has 0 amide bonds. The predicted molar refractivity (Wildman–Crippen MR) is 94.2 cm³/mol. The van der Waals surface area contributed by atoms with E-state index in [2.05, 4.69) is 39.9 Å². The molecular formula is C17H20N4O2S. The molecule has 4 rings (SSSR count). The highest BCUT2D eigenvalue weighted by Gasteiger charge is 2.19. The lowest BCUT2D eigenvalue weighted by atomic mass is 10.2. The first-order chi connectivity index (χ1) is 11.6. The number of aryl methyl sites for hydroxylation is 2. The van der Waals surface area contributed by atoms with Crippen molar-refractivity contribution in [1.82, 2.24) is 14.7 Å². The molecule has 1 aliphatic rings. The Morgan fingerprint density at radius 3 is 2.62 bits per heavy atom. The molecule has 1 fully saturated rings. The average molecular weight is 344 g/mol. The summed E-state index contributed by atoms with van der Waals surface area (Å²) in [5.41, 5.74) is 4.40. The number of thiazole rings is 1. The Morgan fingerprint density at radius 2 is 1.92 bits per heavy atom. The lowest BCUT2D eigenvalue weighted by molar-refractivity contribution is 0.122. The van der Waals surface area contributed by atoms with E-state index in [1.54, 1.807) is 11.3 Å². The van der Waals surface area contributed by atoms with Crippen molar-refractivity contribution >= 4 is 16.5 Å². The van der Waals surface area contributed by atoms with Crippen LogP contribution in [0.2, 0.25) is 0 Å². The standard InChI is InChI=1S/C17H20N4O2S/c1-11-8-14(13(3)21(11)16-9-12(2)23-19-16)15-10-24-17(18-15)20-4-6-22-7-5-20/h8-10H,4-7H2,1-3H3. The number of nitrogens with zero attached hydrogens (tertiary/aromatic N) is 4. The van der Waals surface area contributed by atoms with Crippen molar-refractivity contribution in [2.45, 2.75) is 20.8 Å². The zero-order chi connectivity index (χ0) is 16.7. The second kappa shape index (κ2) is 6.07. The Kier molecular flexibility index (Phi) is 3.90. The summed E-state index contributed by atoms with van der Waals surface area (Å²) < 4.78 is 12.8. The third kappa shape index (κ3) is 2.63. The number of ether oxygens (including phenoxy) is 1. The number of anilines is 1. The van der Waals surface area contributed by atoms with Crippen molar-refractivity contribution < 1.29 is 9.26 Å². The van der Waals surface area contributed by atoms with Crippen molar-refractivity contribution in [3.05, 3.63) is 34.7 Å². The molecule has 126 valence electrons. The van der Waals surface area contributed by atoms with Gasteiger partial charge in [-0.15, -0.1) is 11.3 Å². The monoisotopic (exact) mass is 344 g/mol. The zero-order valence-corrected chi connectivity index (χ0v) is 14.9. The van der Waals surface area contributed by atoms with Crippen molar-refractivity contribution in [2.75, 3.05) is 31.2 Å². The van der Waals surface area contributed by atoms with Crippen LogP contribution in [0.3, 0.4) is 0 Å². The van der Waals surface area contributed by atoms with Crippen LogP contribution >= 0.6 is 11.3 Å². The minimum atomic E-state index is 0.773. The summed E-state index contributed by atoms with van der Waals surface area (Å²) in [5.74, 6) is 1.62. The highest BCUT2D eigenvalue weighted by Crippen LogP contribution is 2.32. The lowest BCUT2D eigenvalue weighted by Gasteiger charge is -2.26. The van der Waals surface area contributed by atoms with Crippen LogP contribution in [0.25, 0.3) is 17.1 Å². The van der Waals surface area contributed by atoms with Gasteiger partial charge < -0.3 is 14.2 Å². The second-order valence-electron chi connectivity index (χ2n) is 6.03. The molecule has 4 heterocycles. The molecule has 0 radical (unpaired) electrons. The fourth-order valence-corrected chi connectivity index (χ4v) is 4.00. The highest BCUT2D eigenvalue weighted by molar-refractivity contribution is 7.14. The maximum absolute atomic E-state index is 5.42. The molecule has 0 spiro atoms. The molecule has 0 unspecified atom stereocenters. The molecule has 0 bridgehead atoms. The van der Waals surface area contributed by atoms with E-state index in [1.165, 1.54) is 0 Å². The third-order valence-corrected chi connectivity index (χ3v) is 5.23. The maximum atomic E-state index is 5.42. The van der Waals surface area contributed by atoms with E-state index in [9.17, 15) is 0 Å². The van der Waals surface area contributed by atoms with Crippen LogP contribution in [0.1, 0.15) is 17.1 Å². The summed E-state index contributed by atoms with van der Waals surface area (Å²) in [5, 5.41) is 7.34. The first-order valence-electron chi connectivity index (χ1n) is 8.04. The fourth-order valence-electron chi connectivity index (χ4n) is 3.12. The topological polar surface area (TPSA) is 56.3 Å². The normalized spacial score (nSPS) is 15.2. The molecule has 0 N–H and O–H groups in total. The predicted octanol–water partition coefficient (Wildman–Crippen LogP) is 3.35. The number of hydrogen-bond donors (Lipinski definition) is 0. The van der Waals surface area contributed by atoms with E-state index in [0.29, 0.717) is 0 Å². The Balaban J connectivity index is 1.69. The third-order valence-electron chi connectivity index (χ3n) is 4.33. The number of hydrogen-bond acceptors (Lipinski definition) is 6. The molecule has 6 nitrogen and oxygen atoms in total. The van der Waals surface area contributed by atoms with Gasteiger partial charge in [0.05, 0.1) is 18.9 Å². The van der Waals surface area contributed by atoms with Gasteiger partial charge in [-0.25, -0.2) is 4.98 Å². The van der Waals surface area contributed by atoms with E-state index < -0.39 is 0 Å². The summed E-state index contributed by atoms with van der Waals surface area (Å²) in [6, 6.07) is 4.11. The van der Waals surface area contributed by atoms with E-state index in [-0.39, 0.29) is 0 Å². The van der Waals surface area contributed by atoms with Gasteiger partial charge in [-0.3, -0.25) is 4.57 Å².